The van der Waals surface area contributed by atoms with Gasteiger partial charge in [0.1, 0.15) is 5.52 Å². The summed E-state index contributed by atoms with van der Waals surface area (Å²) in [6.45, 7) is 2.83. The van der Waals surface area contributed by atoms with E-state index in [1.165, 1.54) is 31.0 Å². The van der Waals surface area contributed by atoms with Gasteiger partial charge in [-0.05, 0) is 38.0 Å². The molecule has 23 heavy (non-hydrogen) atoms. The molecule has 0 saturated heterocycles. The number of carbonyl (C=O) groups excluding carboxylic acids is 1. The van der Waals surface area contributed by atoms with Crippen molar-refractivity contribution in [1.29, 1.82) is 0 Å². The van der Waals surface area contributed by atoms with Crippen LogP contribution in [0.2, 0.25) is 5.02 Å². The second-order valence-electron chi connectivity index (χ2n) is 5.85. The highest BCUT2D eigenvalue weighted by Gasteiger charge is 2.24. The molecule has 0 N–H and O–H groups in total. The second kappa shape index (κ2) is 7.58. The van der Waals surface area contributed by atoms with Crippen molar-refractivity contribution in [3.8, 4) is 0 Å². The topological polar surface area (TPSA) is 46.3 Å². The standard InChI is InChI=1S/C17H21ClN2O2S/c1-2-20(13-6-4-3-5-7-13)16(21)11-23-17-19-14-10-12(18)8-9-15(14)22-17/h8-10,13H,2-7,11H2,1H3. The normalized spacial score (nSPS) is 15.9. The lowest BCUT2D eigenvalue weighted by molar-refractivity contribution is -0.131. The molecule has 0 atom stereocenters. The van der Waals surface area contributed by atoms with Crippen molar-refractivity contribution in [2.45, 2.75) is 50.3 Å². The lowest BCUT2D eigenvalue weighted by Crippen LogP contribution is -2.42. The van der Waals surface area contributed by atoms with Crippen molar-refractivity contribution in [2.75, 3.05) is 12.3 Å². The maximum atomic E-state index is 12.5. The number of nitrogens with zero attached hydrogens (tertiary/aromatic N) is 2. The number of hydrogen-bond donors (Lipinski definition) is 0. The quantitative estimate of drug-likeness (QED) is 0.728. The summed E-state index contributed by atoms with van der Waals surface area (Å²) in [6, 6.07) is 5.75. The Morgan fingerprint density at radius 1 is 1.39 bits per heavy atom. The molecule has 0 radical (unpaired) electrons. The molecule has 1 saturated carbocycles. The number of fused-ring (bicyclic) bond motifs is 1. The predicted octanol–water partition coefficient (Wildman–Crippen LogP) is 4.75. The molecule has 0 aliphatic heterocycles. The van der Waals surface area contributed by atoms with Gasteiger partial charge in [-0.1, -0.05) is 42.6 Å². The molecule has 1 aliphatic rings. The lowest BCUT2D eigenvalue weighted by Gasteiger charge is -2.33. The van der Waals surface area contributed by atoms with Crippen LogP contribution >= 0.6 is 23.4 Å². The number of halogens is 1. The van der Waals surface area contributed by atoms with E-state index in [1.807, 2.05) is 4.90 Å². The summed E-state index contributed by atoms with van der Waals surface area (Å²) in [4.78, 5) is 18.9. The molecule has 0 spiro atoms. The van der Waals surface area contributed by atoms with E-state index in [0.717, 1.165) is 24.9 Å². The molecule has 0 unspecified atom stereocenters. The Bertz CT molecular complexity index is 682. The Kier molecular flexibility index (Phi) is 5.49. The fourth-order valence-corrected chi connectivity index (χ4v) is 4.07. The Hall–Kier alpha value is -1.20. The van der Waals surface area contributed by atoms with E-state index in [0.29, 0.717) is 27.6 Å². The van der Waals surface area contributed by atoms with Crippen LogP contribution in [0, 0.1) is 0 Å². The molecule has 0 bridgehead atoms. The summed E-state index contributed by atoms with van der Waals surface area (Å²) < 4.78 is 5.65. The molecule has 1 aromatic heterocycles. The number of amides is 1. The van der Waals surface area contributed by atoms with Crippen molar-refractivity contribution in [3.05, 3.63) is 23.2 Å². The summed E-state index contributed by atoms with van der Waals surface area (Å²) in [5.74, 6) is 0.537. The number of rotatable bonds is 5. The number of carbonyl (C=O) groups is 1. The van der Waals surface area contributed by atoms with E-state index in [4.69, 9.17) is 16.0 Å². The van der Waals surface area contributed by atoms with Gasteiger partial charge in [0.2, 0.25) is 5.91 Å². The van der Waals surface area contributed by atoms with E-state index in [2.05, 4.69) is 11.9 Å². The third-order valence-electron chi connectivity index (χ3n) is 4.33. The molecule has 1 heterocycles. The van der Waals surface area contributed by atoms with Crippen molar-refractivity contribution in [1.82, 2.24) is 9.88 Å². The minimum atomic E-state index is 0.171. The van der Waals surface area contributed by atoms with E-state index in [-0.39, 0.29) is 5.91 Å². The number of thioether (sulfide) groups is 1. The monoisotopic (exact) mass is 352 g/mol. The minimum absolute atomic E-state index is 0.171. The highest BCUT2D eigenvalue weighted by atomic mass is 35.5. The van der Waals surface area contributed by atoms with Gasteiger partial charge in [-0.2, -0.15) is 0 Å². The number of hydrogen-bond acceptors (Lipinski definition) is 4. The van der Waals surface area contributed by atoms with Crippen LogP contribution in [0.4, 0.5) is 0 Å². The Labute approximate surface area is 145 Å². The van der Waals surface area contributed by atoms with Gasteiger partial charge in [0.05, 0.1) is 5.75 Å². The Balaban J connectivity index is 1.62. The fraction of sp³-hybridized carbons (Fsp3) is 0.529. The number of aromatic nitrogens is 1. The summed E-state index contributed by atoms with van der Waals surface area (Å²) in [6.07, 6.45) is 6.01. The largest absolute Gasteiger partial charge is 0.431 e. The van der Waals surface area contributed by atoms with Crippen LogP contribution < -0.4 is 0 Å². The minimum Gasteiger partial charge on any atom is -0.431 e. The van der Waals surface area contributed by atoms with E-state index in [1.54, 1.807) is 18.2 Å². The molecule has 1 amide bonds. The highest BCUT2D eigenvalue weighted by Crippen LogP contribution is 2.27. The van der Waals surface area contributed by atoms with Gasteiger partial charge in [0, 0.05) is 17.6 Å². The molecule has 6 heteroatoms. The van der Waals surface area contributed by atoms with Gasteiger partial charge >= 0.3 is 0 Å². The first-order valence-corrected chi connectivity index (χ1v) is 9.52. The van der Waals surface area contributed by atoms with Crippen molar-refractivity contribution < 1.29 is 9.21 Å². The molecule has 2 aromatic rings. The molecule has 4 nitrogen and oxygen atoms in total. The van der Waals surface area contributed by atoms with Gasteiger partial charge in [0.15, 0.2) is 5.58 Å². The zero-order valence-electron chi connectivity index (χ0n) is 13.3. The molecule has 3 rings (SSSR count). The first-order valence-electron chi connectivity index (χ1n) is 8.15. The lowest BCUT2D eigenvalue weighted by atomic mass is 9.94. The second-order valence-corrected chi connectivity index (χ2v) is 7.22. The van der Waals surface area contributed by atoms with Gasteiger partial charge in [-0.15, -0.1) is 0 Å². The zero-order valence-corrected chi connectivity index (χ0v) is 14.8. The molecule has 1 aliphatic carbocycles. The Morgan fingerprint density at radius 3 is 2.91 bits per heavy atom. The van der Waals surface area contributed by atoms with Crippen molar-refractivity contribution in [3.63, 3.8) is 0 Å². The molecule has 1 aromatic carbocycles. The average molecular weight is 353 g/mol. The molecular formula is C17H21ClN2O2S. The smallest absolute Gasteiger partial charge is 0.257 e. The first kappa shape index (κ1) is 16.7. The van der Waals surface area contributed by atoms with E-state index in [9.17, 15) is 4.79 Å². The summed E-state index contributed by atoms with van der Waals surface area (Å²) in [5, 5.41) is 1.16. The Morgan fingerprint density at radius 2 is 2.17 bits per heavy atom. The zero-order chi connectivity index (χ0) is 16.2. The summed E-state index contributed by atoms with van der Waals surface area (Å²) >= 11 is 7.31. The fourth-order valence-electron chi connectivity index (χ4n) is 3.18. The molecule has 1 fully saturated rings. The average Bonchev–Trinajstić information content (AvgIpc) is 2.96. The van der Waals surface area contributed by atoms with Gasteiger partial charge in [0.25, 0.3) is 5.22 Å². The maximum Gasteiger partial charge on any atom is 0.257 e. The van der Waals surface area contributed by atoms with Crippen LogP contribution in [0.15, 0.2) is 27.8 Å². The van der Waals surface area contributed by atoms with Crippen LogP contribution in [0.25, 0.3) is 11.1 Å². The maximum absolute atomic E-state index is 12.5. The van der Waals surface area contributed by atoms with Crippen LogP contribution in [-0.4, -0.2) is 34.1 Å². The van der Waals surface area contributed by atoms with Crippen LogP contribution in [0.3, 0.4) is 0 Å². The highest BCUT2D eigenvalue weighted by molar-refractivity contribution is 7.99. The van der Waals surface area contributed by atoms with E-state index < -0.39 is 0 Å². The van der Waals surface area contributed by atoms with Crippen LogP contribution in [-0.2, 0) is 4.79 Å². The number of oxazole rings is 1. The van der Waals surface area contributed by atoms with Crippen molar-refractivity contribution >= 4 is 40.4 Å². The predicted molar refractivity (Wildman–Crippen MR) is 94.0 cm³/mol. The summed E-state index contributed by atoms with van der Waals surface area (Å²) in [7, 11) is 0. The third kappa shape index (κ3) is 4.01. The van der Waals surface area contributed by atoms with Gasteiger partial charge in [-0.25, -0.2) is 4.98 Å². The summed E-state index contributed by atoms with van der Waals surface area (Å²) in [5.41, 5.74) is 1.43. The van der Waals surface area contributed by atoms with Gasteiger partial charge in [-0.3, -0.25) is 4.79 Å². The molecule has 124 valence electrons. The van der Waals surface area contributed by atoms with Crippen LogP contribution in [0.5, 0.6) is 0 Å². The van der Waals surface area contributed by atoms with Gasteiger partial charge < -0.3 is 9.32 Å². The SMILES string of the molecule is CCN(C(=O)CSc1nc2cc(Cl)ccc2o1)C1CCCCC1. The van der Waals surface area contributed by atoms with Crippen LogP contribution in [0.1, 0.15) is 39.0 Å². The number of benzene rings is 1. The molecular weight excluding hydrogens is 332 g/mol. The first-order chi connectivity index (χ1) is 11.2. The van der Waals surface area contributed by atoms with E-state index >= 15 is 0 Å². The van der Waals surface area contributed by atoms with Crippen molar-refractivity contribution in [2.24, 2.45) is 0 Å². The third-order valence-corrected chi connectivity index (χ3v) is 5.37.